The molecule has 3 amide bonds. The van der Waals surface area contributed by atoms with Gasteiger partial charge in [0.1, 0.15) is 0 Å². The molecule has 8 heteroatoms. The fourth-order valence-corrected chi connectivity index (χ4v) is 4.27. The van der Waals surface area contributed by atoms with Gasteiger partial charge in [-0.2, -0.15) is 23.5 Å². The van der Waals surface area contributed by atoms with Crippen LogP contribution in [0.1, 0.15) is 25.7 Å². The Morgan fingerprint density at radius 2 is 1.90 bits per heavy atom. The molecule has 0 saturated carbocycles. The fraction of sp³-hybridized carbons (Fsp3) is 0.750. The molecule has 0 aromatic rings. The lowest BCUT2D eigenvalue weighted by Gasteiger charge is -2.21. The molecular formula is C12H20N2O4S2. The van der Waals surface area contributed by atoms with E-state index in [4.69, 9.17) is 5.11 Å². The lowest BCUT2D eigenvalue weighted by Crippen LogP contribution is -2.42. The number of hydrogen-bond donors (Lipinski definition) is 3. The van der Waals surface area contributed by atoms with Crippen LogP contribution in [0.4, 0.5) is 4.79 Å². The lowest BCUT2D eigenvalue weighted by atomic mass is 10.2. The predicted octanol–water partition coefficient (Wildman–Crippen LogP) is 1.31. The molecule has 1 saturated heterocycles. The first-order valence-corrected chi connectivity index (χ1v) is 8.77. The van der Waals surface area contributed by atoms with E-state index in [1.807, 2.05) is 23.5 Å². The van der Waals surface area contributed by atoms with Crippen molar-refractivity contribution in [3.05, 3.63) is 0 Å². The van der Waals surface area contributed by atoms with E-state index < -0.39 is 12.0 Å². The van der Waals surface area contributed by atoms with Gasteiger partial charge in [-0.3, -0.25) is 14.9 Å². The minimum atomic E-state index is -0.869. The van der Waals surface area contributed by atoms with Gasteiger partial charge in [0.05, 0.1) is 0 Å². The van der Waals surface area contributed by atoms with E-state index in [0.29, 0.717) is 24.6 Å². The van der Waals surface area contributed by atoms with Crippen molar-refractivity contribution in [1.29, 1.82) is 0 Å². The summed E-state index contributed by atoms with van der Waals surface area (Å²) in [5.74, 6) is 2.04. The summed E-state index contributed by atoms with van der Waals surface area (Å²) in [6.45, 7) is 0.565. The van der Waals surface area contributed by atoms with Gasteiger partial charge in [0.15, 0.2) is 0 Å². The van der Waals surface area contributed by atoms with Crippen LogP contribution < -0.4 is 10.6 Å². The number of carboxylic acids is 1. The molecule has 1 atom stereocenters. The molecule has 114 valence electrons. The molecule has 0 bridgehead atoms. The summed E-state index contributed by atoms with van der Waals surface area (Å²) in [6.07, 6.45) is 1.14. The zero-order valence-corrected chi connectivity index (χ0v) is 12.9. The zero-order chi connectivity index (χ0) is 14.8. The summed E-state index contributed by atoms with van der Waals surface area (Å²) < 4.78 is 0. The summed E-state index contributed by atoms with van der Waals surface area (Å²) >= 11 is 3.72. The summed E-state index contributed by atoms with van der Waals surface area (Å²) in [4.78, 5) is 33.2. The van der Waals surface area contributed by atoms with Crippen molar-refractivity contribution >= 4 is 41.4 Å². The van der Waals surface area contributed by atoms with Crippen LogP contribution in [0, 0.1) is 0 Å². The third-order valence-electron chi connectivity index (χ3n) is 2.67. The summed E-state index contributed by atoms with van der Waals surface area (Å²) in [5, 5.41) is 13.8. The van der Waals surface area contributed by atoms with Crippen LogP contribution in [0.5, 0.6) is 0 Å². The van der Waals surface area contributed by atoms with Crippen molar-refractivity contribution in [2.45, 2.75) is 30.9 Å². The molecule has 1 rings (SSSR count). The van der Waals surface area contributed by atoms with E-state index in [2.05, 4.69) is 10.6 Å². The Morgan fingerprint density at radius 3 is 2.55 bits per heavy atom. The third kappa shape index (κ3) is 8.31. The van der Waals surface area contributed by atoms with E-state index in [1.165, 1.54) is 0 Å². The van der Waals surface area contributed by atoms with Crippen molar-refractivity contribution < 1.29 is 19.5 Å². The van der Waals surface area contributed by atoms with Gasteiger partial charge in [0.2, 0.25) is 5.91 Å². The summed E-state index contributed by atoms with van der Waals surface area (Å²) in [6, 6.07) is -0.468. The molecule has 1 unspecified atom stereocenters. The highest BCUT2D eigenvalue weighted by Gasteiger charge is 2.15. The molecule has 0 radical (unpaired) electrons. The number of carbonyl (C=O) groups is 3. The highest BCUT2D eigenvalue weighted by molar-refractivity contribution is 8.06. The SMILES string of the molecule is O=C(O)CCCCC(=O)NC(=O)NCC1CSCCS1. The van der Waals surface area contributed by atoms with E-state index in [0.717, 1.165) is 17.3 Å². The first-order valence-electron chi connectivity index (χ1n) is 6.56. The Labute approximate surface area is 126 Å². The maximum Gasteiger partial charge on any atom is 0.321 e. The van der Waals surface area contributed by atoms with Gasteiger partial charge < -0.3 is 10.4 Å². The Morgan fingerprint density at radius 1 is 1.15 bits per heavy atom. The minimum Gasteiger partial charge on any atom is -0.481 e. The summed E-state index contributed by atoms with van der Waals surface area (Å²) in [7, 11) is 0. The van der Waals surface area contributed by atoms with Crippen LogP contribution in [0.3, 0.4) is 0 Å². The molecule has 20 heavy (non-hydrogen) atoms. The van der Waals surface area contributed by atoms with Crippen LogP contribution in [-0.2, 0) is 9.59 Å². The highest BCUT2D eigenvalue weighted by Crippen LogP contribution is 2.23. The van der Waals surface area contributed by atoms with Crippen molar-refractivity contribution in [3.8, 4) is 0 Å². The molecule has 6 nitrogen and oxygen atoms in total. The van der Waals surface area contributed by atoms with Gasteiger partial charge in [-0.05, 0) is 12.8 Å². The van der Waals surface area contributed by atoms with Gasteiger partial charge >= 0.3 is 12.0 Å². The van der Waals surface area contributed by atoms with Crippen LogP contribution in [0.15, 0.2) is 0 Å². The van der Waals surface area contributed by atoms with Crippen molar-refractivity contribution in [1.82, 2.24) is 10.6 Å². The van der Waals surface area contributed by atoms with Crippen molar-refractivity contribution in [3.63, 3.8) is 0 Å². The van der Waals surface area contributed by atoms with Crippen molar-refractivity contribution in [2.24, 2.45) is 0 Å². The molecular weight excluding hydrogens is 300 g/mol. The topological polar surface area (TPSA) is 95.5 Å². The number of amides is 3. The molecule has 0 spiro atoms. The maximum absolute atomic E-state index is 11.5. The standard InChI is InChI=1S/C12H20N2O4S2/c15-10(3-1-2-4-11(16)17)14-12(18)13-7-9-8-19-5-6-20-9/h9H,1-8H2,(H,16,17)(H2,13,14,15,18). The predicted molar refractivity (Wildman–Crippen MR) is 81.2 cm³/mol. The maximum atomic E-state index is 11.5. The Kier molecular flexibility index (Phi) is 8.52. The molecule has 1 fully saturated rings. The number of aliphatic carboxylic acids is 1. The number of nitrogens with one attached hydrogen (secondary N) is 2. The van der Waals surface area contributed by atoms with Crippen LogP contribution in [-0.4, -0.2) is 52.1 Å². The van der Waals surface area contributed by atoms with E-state index in [9.17, 15) is 14.4 Å². The second-order valence-electron chi connectivity index (χ2n) is 4.43. The number of urea groups is 1. The Hall–Kier alpha value is -0.890. The van der Waals surface area contributed by atoms with Gasteiger partial charge in [-0.15, -0.1) is 0 Å². The molecule has 1 aliphatic heterocycles. The molecule has 0 aromatic heterocycles. The second-order valence-corrected chi connectivity index (χ2v) is 6.98. The fourth-order valence-electron chi connectivity index (χ4n) is 1.66. The van der Waals surface area contributed by atoms with E-state index >= 15 is 0 Å². The third-order valence-corrected chi connectivity index (χ3v) is 5.52. The van der Waals surface area contributed by atoms with Gasteiger partial charge in [0.25, 0.3) is 0 Å². The van der Waals surface area contributed by atoms with E-state index in [1.54, 1.807) is 0 Å². The molecule has 0 aromatic carbocycles. The zero-order valence-electron chi connectivity index (χ0n) is 11.2. The number of unbranched alkanes of at least 4 members (excludes halogenated alkanes) is 1. The highest BCUT2D eigenvalue weighted by atomic mass is 32.2. The van der Waals surface area contributed by atoms with Crippen LogP contribution >= 0.6 is 23.5 Å². The largest absolute Gasteiger partial charge is 0.481 e. The smallest absolute Gasteiger partial charge is 0.321 e. The number of hydrogen-bond acceptors (Lipinski definition) is 5. The van der Waals surface area contributed by atoms with E-state index in [-0.39, 0.29) is 18.7 Å². The minimum absolute atomic E-state index is 0.0516. The second kappa shape index (κ2) is 9.93. The van der Waals surface area contributed by atoms with Crippen LogP contribution in [0.25, 0.3) is 0 Å². The monoisotopic (exact) mass is 320 g/mol. The molecule has 1 aliphatic rings. The quantitative estimate of drug-likeness (QED) is 0.612. The molecule has 1 heterocycles. The summed E-state index contributed by atoms with van der Waals surface area (Å²) in [5.41, 5.74) is 0. The number of imide groups is 1. The van der Waals surface area contributed by atoms with Gasteiger partial charge in [-0.1, -0.05) is 0 Å². The first kappa shape index (κ1) is 17.2. The van der Waals surface area contributed by atoms with Gasteiger partial charge in [-0.25, -0.2) is 4.79 Å². The average molecular weight is 320 g/mol. The number of rotatable bonds is 7. The van der Waals surface area contributed by atoms with Crippen molar-refractivity contribution in [2.75, 3.05) is 23.8 Å². The van der Waals surface area contributed by atoms with Gasteiger partial charge in [0, 0.05) is 41.9 Å². The Bertz CT molecular complexity index is 346. The Balaban J connectivity index is 2.05. The molecule has 0 aliphatic carbocycles. The normalized spacial score (nSPS) is 18.3. The molecule has 3 N–H and O–H groups in total. The first-order chi connectivity index (χ1) is 9.58. The number of carboxylic acid groups (broad SMARTS) is 1. The van der Waals surface area contributed by atoms with Crippen LogP contribution in [0.2, 0.25) is 0 Å². The number of thioether (sulfide) groups is 2. The number of carbonyl (C=O) groups excluding carboxylic acids is 2. The lowest BCUT2D eigenvalue weighted by molar-refractivity contribution is -0.137. The average Bonchev–Trinajstić information content (AvgIpc) is 2.42.